The maximum absolute atomic E-state index is 11.6. The van der Waals surface area contributed by atoms with Crippen molar-refractivity contribution in [3.63, 3.8) is 0 Å². The van der Waals surface area contributed by atoms with Gasteiger partial charge in [-0.1, -0.05) is 6.92 Å². The molecule has 0 aromatic carbocycles. The van der Waals surface area contributed by atoms with Gasteiger partial charge in [0.05, 0.1) is 7.11 Å². The van der Waals surface area contributed by atoms with Crippen molar-refractivity contribution in [2.75, 3.05) is 27.7 Å². The fraction of sp³-hybridized carbons (Fsp3) is 0.909. The van der Waals surface area contributed by atoms with Crippen LogP contribution in [0.2, 0.25) is 0 Å². The number of hydrogen-bond donors (Lipinski definition) is 1. The van der Waals surface area contributed by atoms with Crippen LogP contribution in [0.4, 0.5) is 0 Å². The molecule has 4 nitrogen and oxygen atoms in total. The Morgan fingerprint density at radius 3 is 2.47 bits per heavy atom. The predicted molar refractivity (Wildman–Crippen MR) is 61.9 cm³/mol. The normalized spacial score (nSPS) is 17.3. The Bertz CT molecular complexity index is 209. The van der Waals surface area contributed by atoms with Crippen molar-refractivity contribution in [1.82, 2.24) is 10.2 Å². The molecule has 0 radical (unpaired) electrons. The van der Waals surface area contributed by atoms with E-state index in [2.05, 4.69) is 24.1 Å². The van der Waals surface area contributed by atoms with Crippen LogP contribution in [-0.4, -0.2) is 50.2 Å². The zero-order valence-electron chi connectivity index (χ0n) is 10.8. The highest BCUT2D eigenvalue weighted by atomic mass is 16.5. The average Bonchev–Trinajstić information content (AvgIpc) is 2.26. The lowest BCUT2D eigenvalue weighted by molar-refractivity contribution is -0.148. The maximum Gasteiger partial charge on any atom is 0.327 e. The second-order valence-electron chi connectivity index (χ2n) is 4.25. The third kappa shape index (κ3) is 3.80. The number of rotatable bonds is 6. The van der Waals surface area contributed by atoms with E-state index in [0.717, 1.165) is 6.42 Å². The van der Waals surface area contributed by atoms with Crippen molar-refractivity contribution < 1.29 is 9.53 Å². The van der Waals surface area contributed by atoms with Gasteiger partial charge in [0.25, 0.3) is 0 Å². The molecule has 4 heteroatoms. The first-order valence-corrected chi connectivity index (χ1v) is 5.38. The summed E-state index contributed by atoms with van der Waals surface area (Å²) in [5.74, 6) is -0.222. The largest absolute Gasteiger partial charge is 0.468 e. The Kier molecular flexibility index (Phi) is 5.83. The Labute approximate surface area is 93.0 Å². The number of nitrogens with zero attached hydrogens (tertiary/aromatic N) is 1. The summed E-state index contributed by atoms with van der Waals surface area (Å²) in [6.07, 6.45) is 1.07. The lowest BCUT2D eigenvalue weighted by Gasteiger charge is -2.33. The molecule has 90 valence electrons. The van der Waals surface area contributed by atoms with Gasteiger partial charge >= 0.3 is 5.97 Å². The van der Waals surface area contributed by atoms with Crippen molar-refractivity contribution in [1.29, 1.82) is 0 Å². The van der Waals surface area contributed by atoms with Crippen molar-refractivity contribution in [3.05, 3.63) is 0 Å². The first kappa shape index (κ1) is 14.4. The number of ether oxygens (including phenoxy) is 1. The van der Waals surface area contributed by atoms with E-state index in [1.807, 2.05) is 14.0 Å². The summed E-state index contributed by atoms with van der Waals surface area (Å²) in [5, 5.41) is 3.02. The number of hydrogen-bond acceptors (Lipinski definition) is 4. The Morgan fingerprint density at radius 1 is 1.60 bits per heavy atom. The molecule has 0 fully saturated rings. The molecule has 0 saturated heterocycles. The smallest absolute Gasteiger partial charge is 0.327 e. The zero-order valence-corrected chi connectivity index (χ0v) is 10.8. The highest BCUT2D eigenvalue weighted by Gasteiger charge is 2.34. The number of methoxy groups -OCH3 is 1. The summed E-state index contributed by atoms with van der Waals surface area (Å²) < 4.78 is 4.79. The van der Waals surface area contributed by atoms with Crippen molar-refractivity contribution >= 4 is 5.97 Å². The minimum Gasteiger partial charge on any atom is -0.468 e. The van der Waals surface area contributed by atoms with Crippen LogP contribution in [0.25, 0.3) is 0 Å². The molecule has 0 heterocycles. The van der Waals surface area contributed by atoms with E-state index in [0.29, 0.717) is 12.6 Å². The van der Waals surface area contributed by atoms with Gasteiger partial charge in [-0.15, -0.1) is 0 Å². The second kappa shape index (κ2) is 6.08. The Hall–Kier alpha value is -0.610. The number of carbonyl (C=O) groups is 1. The standard InChI is InChI=1S/C11H24N2O2/c1-7-9(2)13(5)8-11(3,12-4)10(14)15-6/h9,12H,7-8H2,1-6H3. The van der Waals surface area contributed by atoms with Crippen LogP contribution < -0.4 is 5.32 Å². The third-order valence-electron chi connectivity index (χ3n) is 3.10. The van der Waals surface area contributed by atoms with Crippen LogP contribution in [-0.2, 0) is 9.53 Å². The molecule has 0 spiro atoms. The molecule has 0 aromatic heterocycles. The molecular weight excluding hydrogens is 192 g/mol. The van der Waals surface area contributed by atoms with Crippen molar-refractivity contribution in [2.45, 2.75) is 38.8 Å². The third-order valence-corrected chi connectivity index (χ3v) is 3.10. The lowest BCUT2D eigenvalue weighted by atomic mass is 10.0. The van der Waals surface area contributed by atoms with E-state index < -0.39 is 5.54 Å². The van der Waals surface area contributed by atoms with E-state index in [-0.39, 0.29) is 5.97 Å². The SMILES string of the molecule is CCC(C)N(C)CC(C)(NC)C(=O)OC. The topological polar surface area (TPSA) is 41.6 Å². The van der Waals surface area contributed by atoms with Crippen LogP contribution in [0.3, 0.4) is 0 Å². The summed E-state index contributed by atoms with van der Waals surface area (Å²) in [4.78, 5) is 13.8. The van der Waals surface area contributed by atoms with E-state index >= 15 is 0 Å². The molecule has 0 saturated carbocycles. The molecule has 0 amide bonds. The van der Waals surface area contributed by atoms with Crippen molar-refractivity contribution in [3.8, 4) is 0 Å². The molecule has 15 heavy (non-hydrogen) atoms. The molecule has 1 N–H and O–H groups in total. The van der Waals surface area contributed by atoms with E-state index in [1.165, 1.54) is 7.11 Å². The van der Waals surface area contributed by atoms with Gasteiger partial charge in [-0.2, -0.15) is 0 Å². The quantitative estimate of drug-likeness (QED) is 0.669. The van der Waals surface area contributed by atoms with Gasteiger partial charge in [0.15, 0.2) is 0 Å². The molecule has 0 rings (SSSR count). The van der Waals surface area contributed by atoms with E-state index in [4.69, 9.17) is 4.74 Å². The molecular formula is C11H24N2O2. The highest BCUT2D eigenvalue weighted by molar-refractivity contribution is 5.80. The average molecular weight is 216 g/mol. The first-order valence-electron chi connectivity index (χ1n) is 5.38. The number of likely N-dealkylation sites (N-methyl/N-ethyl adjacent to an activating group) is 2. The summed E-state index contributed by atoms with van der Waals surface area (Å²) in [6, 6.07) is 0.460. The molecule has 0 aromatic rings. The Balaban J connectivity index is 4.50. The summed E-state index contributed by atoms with van der Waals surface area (Å²) >= 11 is 0. The molecule has 0 aliphatic rings. The molecule has 2 atom stereocenters. The minimum atomic E-state index is -0.632. The minimum absolute atomic E-state index is 0.222. The van der Waals surface area contributed by atoms with Gasteiger partial charge in [0, 0.05) is 12.6 Å². The van der Waals surface area contributed by atoms with Gasteiger partial charge in [-0.05, 0) is 34.4 Å². The second-order valence-corrected chi connectivity index (χ2v) is 4.25. The van der Waals surface area contributed by atoms with Gasteiger partial charge in [0.1, 0.15) is 5.54 Å². The van der Waals surface area contributed by atoms with Gasteiger partial charge < -0.3 is 15.0 Å². The molecule has 2 unspecified atom stereocenters. The van der Waals surface area contributed by atoms with Crippen LogP contribution in [0.1, 0.15) is 27.2 Å². The van der Waals surface area contributed by atoms with Crippen LogP contribution >= 0.6 is 0 Å². The van der Waals surface area contributed by atoms with Crippen molar-refractivity contribution in [2.24, 2.45) is 0 Å². The fourth-order valence-electron chi connectivity index (χ4n) is 1.44. The maximum atomic E-state index is 11.6. The lowest BCUT2D eigenvalue weighted by Crippen LogP contribution is -2.56. The summed E-state index contributed by atoms with van der Waals surface area (Å²) in [6.45, 7) is 6.78. The monoisotopic (exact) mass is 216 g/mol. The molecule has 0 aliphatic carbocycles. The Morgan fingerprint density at radius 2 is 2.13 bits per heavy atom. The molecule has 0 aliphatic heterocycles. The number of carbonyl (C=O) groups excluding carboxylic acids is 1. The zero-order chi connectivity index (χ0) is 12.1. The van der Waals surface area contributed by atoms with E-state index in [1.54, 1.807) is 7.05 Å². The summed E-state index contributed by atoms with van der Waals surface area (Å²) in [5.41, 5.74) is -0.632. The molecule has 0 bridgehead atoms. The number of esters is 1. The van der Waals surface area contributed by atoms with Gasteiger partial charge in [-0.25, -0.2) is 0 Å². The van der Waals surface area contributed by atoms with Gasteiger partial charge in [-0.3, -0.25) is 4.79 Å². The van der Waals surface area contributed by atoms with Gasteiger partial charge in [0.2, 0.25) is 0 Å². The van der Waals surface area contributed by atoms with Crippen LogP contribution in [0.5, 0.6) is 0 Å². The highest BCUT2D eigenvalue weighted by Crippen LogP contribution is 2.11. The number of nitrogens with one attached hydrogen (secondary N) is 1. The van der Waals surface area contributed by atoms with E-state index in [9.17, 15) is 4.79 Å². The predicted octanol–water partition coefficient (Wildman–Crippen LogP) is 0.868. The van der Waals surface area contributed by atoms with Crippen LogP contribution in [0.15, 0.2) is 0 Å². The fourth-order valence-corrected chi connectivity index (χ4v) is 1.44. The van der Waals surface area contributed by atoms with Crippen LogP contribution in [0, 0.1) is 0 Å². The first-order chi connectivity index (χ1) is 6.91. The summed E-state index contributed by atoms with van der Waals surface area (Å²) in [7, 11) is 5.22.